The summed E-state index contributed by atoms with van der Waals surface area (Å²) in [6.07, 6.45) is -4.86. The number of ether oxygens (including phenoxy) is 2. The Kier molecular flexibility index (Phi) is 5.78. The van der Waals surface area contributed by atoms with E-state index in [9.17, 15) is 22.8 Å². The fraction of sp³-hybridized carbons (Fsp3) is 0.0833. The fourth-order valence-corrected chi connectivity index (χ4v) is 3.40. The van der Waals surface area contributed by atoms with E-state index < -0.39 is 23.9 Å². The number of nitrogens with one attached hydrogen (secondary N) is 1. The summed E-state index contributed by atoms with van der Waals surface area (Å²) in [4.78, 5) is 27.6. The lowest BCUT2D eigenvalue weighted by Crippen LogP contribution is -2.32. The Morgan fingerprint density at radius 2 is 1.52 bits per heavy atom. The van der Waals surface area contributed by atoms with Crippen LogP contribution < -0.4 is 19.7 Å². The number of hydrogen-bond donors (Lipinski definition) is 1. The number of halogens is 3. The molecule has 3 aromatic rings. The molecule has 168 valence electrons. The summed E-state index contributed by atoms with van der Waals surface area (Å²) < 4.78 is 46.9. The third-order valence-corrected chi connectivity index (χ3v) is 4.81. The molecule has 3 aromatic carbocycles. The van der Waals surface area contributed by atoms with Crippen LogP contribution in [0.5, 0.6) is 11.5 Å². The number of imide groups is 1. The van der Waals surface area contributed by atoms with Gasteiger partial charge in [-0.15, -0.1) is 13.2 Å². The van der Waals surface area contributed by atoms with Crippen molar-refractivity contribution in [1.82, 2.24) is 0 Å². The Morgan fingerprint density at radius 1 is 0.818 bits per heavy atom. The summed E-state index contributed by atoms with van der Waals surface area (Å²) in [5.74, 6) is -1.13. The van der Waals surface area contributed by atoms with Crippen molar-refractivity contribution in [3.8, 4) is 11.5 Å². The number of alkyl halides is 3. The number of benzene rings is 3. The number of nitrogens with zero attached hydrogens (tertiary/aromatic N) is 1. The predicted octanol–water partition coefficient (Wildman–Crippen LogP) is 4.99. The molecule has 1 aliphatic heterocycles. The minimum atomic E-state index is -4.86. The summed E-state index contributed by atoms with van der Waals surface area (Å²) >= 11 is 0. The van der Waals surface area contributed by atoms with E-state index in [2.05, 4.69) is 10.1 Å². The lowest BCUT2D eigenvalue weighted by atomic mass is 10.0. The monoisotopic (exact) mass is 454 g/mol. The number of hydrogen-bond acceptors (Lipinski definition) is 5. The van der Waals surface area contributed by atoms with E-state index in [-0.39, 0.29) is 17.0 Å². The third-order valence-electron chi connectivity index (χ3n) is 4.81. The molecule has 0 atom stereocenters. The van der Waals surface area contributed by atoms with Crippen molar-refractivity contribution in [2.75, 3.05) is 17.3 Å². The van der Waals surface area contributed by atoms with Gasteiger partial charge in [0.2, 0.25) is 0 Å². The maximum atomic E-state index is 13.3. The van der Waals surface area contributed by atoms with E-state index in [0.717, 1.165) is 17.0 Å². The van der Waals surface area contributed by atoms with Crippen molar-refractivity contribution in [3.63, 3.8) is 0 Å². The molecule has 0 spiro atoms. The zero-order valence-electron chi connectivity index (χ0n) is 17.2. The summed E-state index contributed by atoms with van der Waals surface area (Å²) in [5, 5.41) is 2.81. The maximum Gasteiger partial charge on any atom is 0.573 e. The van der Waals surface area contributed by atoms with Crippen LogP contribution in [0.1, 0.15) is 5.56 Å². The van der Waals surface area contributed by atoms with Gasteiger partial charge in [0.25, 0.3) is 11.8 Å². The molecular formula is C24H17F3N2O4. The first-order valence-electron chi connectivity index (χ1n) is 9.72. The van der Waals surface area contributed by atoms with Crippen molar-refractivity contribution in [2.45, 2.75) is 6.36 Å². The molecule has 33 heavy (non-hydrogen) atoms. The highest BCUT2D eigenvalue weighted by atomic mass is 19.4. The summed E-state index contributed by atoms with van der Waals surface area (Å²) in [6.45, 7) is 0. The van der Waals surface area contributed by atoms with Crippen LogP contribution in [-0.4, -0.2) is 25.3 Å². The number of carbonyl (C=O) groups is 2. The molecule has 0 fully saturated rings. The number of rotatable bonds is 6. The lowest BCUT2D eigenvalue weighted by molar-refractivity contribution is -0.274. The maximum absolute atomic E-state index is 13.3. The van der Waals surface area contributed by atoms with Gasteiger partial charge in [0.1, 0.15) is 17.2 Å². The van der Waals surface area contributed by atoms with Gasteiger partial charge in [-0.1, -0.05) is 36.4 Å². The molecule has 6 nitrogen and oxygen atoms in total. The Labute approximate surface area is 186 Å². The minimum Gasteiger partial charge on any atom is -0.497 e. The molecule has 0 aliphatic carbocycles. The highest BCUT2D eigenvalue weighted by Crippen LogP contribution is 2.35. The first-order valence-corrected chi connectivity index (χ1v) is 9.72. The van der Waals surface area contributed by atoms with Crippen molar-refractivity contribution in [1.29, 1.82) is 0 Å². The Hall–Kier alpha value is -4.27. The molecule has 0 bridgehead atoms. The average molecular weight is 454 g/mol. The second kappa shape index (κ2) is 8.70. The normalized spacial score (nSPS) is 14.0. The quantitative estimate of drug-likeness (QED) is 0.532. The molecule has 0 saturated carbocycles. The Bertz CT molecular complexity index is 1220. The van der Waals surface area contributed by atoms with Crippen LogP contribution in [0.15, 0.2) is 84.6 Å². The molecule has 0 aromatic heterocycles. The van der Waals surface area contributed by atoms with E-state index in [4.69, 9.17) is 4.74 Å². The Balaban J connectivity index is 1.74. The number of carbonyl (C=O) groups excluding carboxylic acids is 2. The van der Waals surface area contributed by atoms with E-state index in [1.54, 1.807) is 54.6 Å². The van der Waals surface area contributed by atoms with Gasteiger partial charge in [-0.3, -0.25) is 9.59 Å². The zero-order valence-corrected chi connectivity index (χ0v) is 17.2. The van der Waals surface area contributed by atoms with Gasteiger partial charge in [0, 0.05) is 11.8 Å². The van der Waals surface area contributed by atoms with Crippen LogP contribution in [0.3, 0.4) is 0 Å². The molecule has 1 aliphatic rings. The van der Waals surface area contributed by atoms with E-state index in [1.165, 1.54) is 19.2 Å². The summed E-state index contributed by atoms with van der Waals surface area (Å²) in [5.41, 5.74) is 0.991. The van der Waals surface area contributed by atoms with Gasteiger partial charge >= 0.3 is 6.36 Å². The average Bonchev–Trinajstić information content (AvgIpc) is 3.03. The fourth-order valence-electron chi connectivity index (χ4n) is 3.40. The summed E-state index contributed by atoms with van der Waals surface area (Å²) in [7, 11) is 1.49. The molecule has 1 N–H and O–H groups in total. The number of amides is 2. The molecule has 4 rings (SSSR count). The van der Waals surface area contributed by atoms with Gasteiger partial charge in [-0.05, 0) is 42.0 Å². The highest BCUT2D eigenvalue weighted by molar-refractivity contribution is 6.46. The first kappa shape index (κ1) is 21.9. The largest absolute Gasteiger partial charge is 0.573 e. The zero-order chi connectivity index (χ0) is 23.6. The molecule has 2 amide bonds. The second-order valence-electron chi connectivity index (χ2n) is 6.96. The van der Waals surface area contributed by atoms with Gasteiger partial charge in [-0.2, -0.15) is 0 Å². The third kappa shape index (κ3) is 4.67. The standard InChI is InChI=1S/C24H17F3N2O4/c1-32-18-12-10-17(11-13-18)29-22(30)20(15-6-3-2-4-7-15)21(23(29)31)28-16-8-5-9-19(14-16)33-24(25,26)27/h2-14,28H,1H3. The summed E-state index contributed by atoms with van der Waals surface area (Å²) in [6, 6.07) is 19.9. The van der Waals surface area contributed by atoms with Gasteiger partial charge < -0.3 is 14.8 Å². The molecule has 9 heteroatoms. The van der Waals surface area contributed by atoms with Crippen LogP contribution >= 0.6 is 0 Å². The number of anilines is 2. The van der Waals surface area contributed by atoms with Crippen LogP contribution in [0.4, 0.5) is 24.5 Å². The van der Waals surface area contributed by atoms with E-state index in [1.807, 2.05) is 0 Å². The first-order chi connectivity index (χ1) is 15.8. The molecular weight excluding hydrogens is 437 g/mol. The van der Waals surface area contributed by atoms with Crippen LogP contribution in [-0.2, 0) is 9.59 Å². The van der Waals surface area contributed by atoms with Crippen LogP contribution in [0.25, 0.3) is 5.57 Å². The van der Waals surface area contributed by atoms with Crippen molar-refractivity contribution in [3.05, 3.63) is 90.1 Å². The van der Waals surface area contributed by atoms with E-state index in [0.29, 0.717) is 17.0 Å². The minimum absolute atomic E-state index is 0.0637. The molecule has 1 heterocycles. The van der Waals surface area contributed by atoms with E-state index >= 15 is 0 Å². The molecule has 0 saturated heterocycles. The lowest BCUT2D eigenvalue weighted by Gasteiger charge is -2.16. The molecule has 0 unspecified atom stereocenters. The second-order valence-corrected chi connectivity index (χ2v) is 6.96. The number of methoxy groups -OCH3 is 1. The van der Waals surface area contributed by atoms with Crippen LogP contribution in [0.2, 0.25) is 0 Å². The Morgan fingerprint density at radius 3 is 2.15 bits per heavy atom. The SMILES string of the molecule is COc1ccc(N2C(=O)C(Nc3cccc(OC(F)(F)F)c3)=C(c3ccccc3)C2=O)cc1. The predicted molar refractivity (Wildman–Crippen MR) is 116 cm³/mol. The van der Waals surface area contributed by atoms with Gasteiger partial charge in [-0.25, -0.2) is 4.90 Å². The van der Waals surface area contributed by atoms with Gasteiger partial charge in [0.15, 0.2) is 0 Å². The smallest absolute Gasteiger partial charge is 0.497 e. The highest BCUT2D eigenvalue weighted by Gasteiger charge is 2.40. The van der Waals surface area contributed by atoms with Crippen LogP contribution in [0, 0.1) is 0 Å². The van der Waals surface area contributed by atoms with Crippen molar-refractivity contribution in [2.24, 2.45) is 0 Å². The van der Waals surface area contributed by atoms with Crippen molar-refractivity contribution < 1.29 is 32.2 Å². The van der Waals surface area contributed by atoms with Gasteiger partial charge in [0.05, 0.1) is 18.4 Å². The van der Waals surface area contributed by atoms with Crippen molar-refractivity contribution >= 4 is 28.8 Å². The topological polar surface area (TPSA) is 67.9 Å². The molecule has 0 radical (unpaired) electrons.